The fraction of sp³-hybridized carbons (Fsp3) is 0.769. The maximum absolute atomic E-state index is 11.4. The number of nitrogens with one attached hydrogen (secondary N) is 2. The number of nitro groups is 1. The van der Waals surface area contributed by atoms with E-state index >= 15 is 0 Å². The summed E-state index contributed by atoms with van der Waals surface area (Å²) in [4.78, 5) is 11.0. The molecule has 2 atom stereocenters. The summed E-state index contributed by atoms with van der Waals surface area (Å²) in [5.74, 6) is 0.557. The highest BCUT2D eigenvalue weighted by Gasteiger charge is 2.30. The highest BCUT2D eigenvalue weighted by atomic mass is 16.6. The van der Waals surface area contributed by atoms with Gasteiger partial charge in [0.1, 0.15) is 5.69 Å². The Balaban J connectivity index is 2.28. The van der Waals surface area contributed by atoms with Crippen LogP contribution in [-0.4, -0.2) is 33.3 Å². The van der Waals surface area contributed by atoms with Gasteiger partial charge in [0.2, 0.25) is 5.82 Å². The summed E-state index contributed by atoms with van der Waals surface area (Å²) in [5.41, 5.74) is 0.663. The van der Waals surface area contributed by atoms with Crippen LogP contribution in [0.1, 0.15) is 45.2 Å². The van der Waals surface area contributed by atoms with Crippen LogP contribution in [0.15, 0.2) is 0 Å². The van der Waals surface area contributed by atoms with Crippen LogP contribution in [0, 0.1) is 10.1 Å². The molecule has 2 N–H and O–H groups in total. The van der Waals surface area contributed by atoms with Crippen LogP contribution in [0.3, 0.4) is 0 Å². The average Bonchev–Trinajstić information content (AvgIpc) is 2.67. The Labute approximate surface area is 118 Å². The molecule has 7 nitrogen and oxygen atoms in total. The van der Waals surface area contributed by atoms with Crippen molar-refractivity contribution in [3.05, 3.63) is 15.8 Å². The summed E-state index contributed by atoms with van der Waals surface area (Å²) in [6.45, 7) is 6.91. The van der Waals surface area contributed by atoms with Gasteiger partial charge in [-0.3, -0.25) is 10.1 Å². The lowest BCUT2D eigenvalue weighted by atomic mass is 10.0. The lowest BCUT2D eigenvalue weighted by Gasteiger charge is -2.29. The molecule has 2 rings (SSSR count). The van der Waals surface area contributed by atoms with E-state index in [1.807, 2.05) is 13.8 Å². The lowest BCUT2D eigenvalue weighted by molar-refractivity contribution is -0.384. The lowest BCUT2D eigenvalue weighted by Crippen LogP contribution is -2.41. The Hall–Kier alpha value is -1.63. The standard InChI is InChI=1S/C13H23N5O2/c1-8(2)11-12(18(19)20)13(17(4)16-11)15-10-5-6-14-9(3)7-10/h8-10,14-15H,5-7H2,1-4H3. The first kappa shape index (κ1) is 14.8. The van der Waals surface area contributed by atoms with Crippen molar-refractivity contribution in [1.29, 1.82) is 0 Å². The van der Waals surface area contributed by atoms with E-state index in [9.17, 15) is 10.1 Å². The van der Waals surface area contributed by atoms with Gasteiger partial charge in [-0.05, 0) is 26.3 Å². The van der Waals surface area contributed by atoms with Crippen LogP contribution >= 0.6 is 0 Å². The quantitative estimate of drug-likeness (QED) is 0.651. The molecule has 0 bridgehead atoms. The Morgan fingerprint density at radius 1 is 1.55 bits per heavy atom. The Morgan fingerprint density at radius 2 is 2.25 bits per heavy atom. The minimum atomic E-state index is -0.324. The van der Waals surface area contributed by atoms with Crippen molar-refractivity contribution < 1.29 is 4.92 Å². The van der Waals surface area contributed by atoms with E-state index in [1.165, 1.54) is 0 Å². The molecule has 1 saturated heterocycles. The van der Waals surface area contributed by atoms with E-state index < -0.39 is 0 Å². The summed E-state index contributed by atoms with van der Waals surface area (Å²) in [7, 11) is 1.76. The molecule has 0 saturated carbocycles. The molecule has 0 radical (unpaired) electrons. The van der Waals surface area contributed by atoms with Crippen LogP contribution < -0.4 is 10.6 Å². The average molecular weight is 281 g/mol. The van der Waals surface area contributed by atoms with Crippen LogP contribution in [-0.2, 0) is 7.05 Å². The van der Waals surface area contributed by atoms with Gasteiger partial charge in [-0.15, -0.1) is 0 Å². The summed E-state index contributed by atoms with van der Waals surface area (Å²) in [6, 6.07) is 0.679. The molecule has 20 heavy (non-hydrogen) atoms. The monoisotopic (exact) mass is 281 g/mol. The normalized spacial score (nSPS) is 23.1. The largest absolute Gasteiger partial charge is 0.362 e. The first-order valence-corrected chi connectivity index (χ1v) is 7.11. The summed E-state index contributed by atoms with van der Waals surface area (Å²) in [6.07, 6.45) is 1.92. The van der Waals surface area contributed by atoms with Gasteiger partial charge in [-0.2, -0.15) is 5.10 Å². The van der Waals surface area contributed by atoms with Gasteiger partial charge in [-0.1, -0.05) is 13.8 Å². The number of hydrogen-bond acceptors (Lipinski definition) is 5. The predicted octanol–water partition coefficient (Wildman–Crippen LogP) is 2.00. The van der Waals surface area contributed by atoms with Gasteiger partial charge in [0.25, 0.3) is 0 Å². The van der Waals surface area contributed by atoms with E-state index in [4.69, 9.17) is 0 Å². The fourth-order valence-electron chi connectivity index (χ4n) is 2.72. The zero-order chi connectivity index (χ0) is 14.9. The molecule has 1 fully saturated rings. The smallest absolute Gasteiger partial charge is 0.334 e. The van der Waals surface area contributed by atoms with Crippen molar-refractivity contribution in [3.63, 3.8) is 0 Å². The topological polar surface area (TPSA) is 85.0 Å². The van der Waals surface area contributed by atoms with Crippen molar-refractivity contribution in [3.8, 4) is 0 Å². The summed E-state index contributed by atoms with van der Waals surface area (Å²) >= 11 is 0. The molecule has 0 amide bonds. The zero-order valence-corrected chi connectivity index (χ0v) is 12.5. The van der Waals surface area contributed by atoms with Gasteiger partial charge in [0.15, 0.2) is 0 Å². The third-order valence-electron chi connectivity index (χ3n) is 3.74. The minimum absolute atomic E-state index is 0.0316. The minimum Gasteiger partial charge on any atom is -0.362 e. The zero-order valence-electron chi connectivity index (χ0n) is 12.5. The molecular formula is C13H23N5O2. The molecule has 1 aromatic heterocycles. The van der Waals surface area contributed by atoms with Crippen molar-refractivity contribution in [2.24, 2.45) is 7.05 Å². The number of piperidine rings is 1. The predicted molar refractivity (Wildman–Crippen MR) is 78.1 cm³/mol. The van der Waals surface area contributed by atoms with Crippen molar-refractivity contribution >= 4 is 11.5 Å². The first-order chi connectivity index (χ1) is 9.40. The van der Waals surface area contributed by atoms with Crippen LogP contribution in [0.2, 0.25) is 0 Å². The Kier molecular flexibility index (Phi) is 4.27. The van der Waals surface area contributed by atoms with Crippen LogP contribution in [0.25, 0.3) is 0 Å². The van der Waals surface area contributed by atoms with Gasteiger partial charge in [0, 0.05) is 25.0 Å². The second-order valence-electron chi connectivity index (χ2n) is 5.84. The molecule has 1 aromatic rings. The molecule has 0 spiro atoms. The molecule has 112 valence electrons. The first-order valence-electron chi connectivity index (χ1n) is 7.11. The maximum Gasteiger partial charge on any atom is 0.334 e. The number of aromatic nitrogens is 2. The number of nitrogens with zero attached hydrogens (tertiary/aromatic N) is 3. The fourth-order valence-corrected chi connectivity index (χ4v) is 2.72. The molecular weight excluding hydrogens is 258 g/mol. The van der Waals surface area contributed by atoms with Crippen LogP contribution in [0.4, 0.5) is 11.5 Å². The molecule has 0 aromatic carbocycles. The van der Waals surface area contributed by atoms with E-state index in [2.05, 4.69) is 22.7 Å². The molecule has 1 aliphatic heterocycles. The third kappa shape index (κ3) is 2.92. The number of aryl methyl sites for hydroxylation is 1. The van der Waals surface area contributed by atoms with Gasteiger partial charge >= 0.3 is 5.69 Å². The molecule has 2 heterocycles. The molecule has 2 unspecified atom stereocenters. The second-order valence-corrected chi connectivity index (χ2v) is 5.84. The Morgan fingerprint density at radius 3 is 2.80 bits per heavy atom. The van der Waals surface area contributed by atoms with Gasteiger partial charge < -0.3 is 10.6 Å². The van der Waals surface area contributed by atoms with Crippen LogP contribution in [0.5, 0.6) is 0 Å². The van der Waals surface area contributed by atoms with Crippen molar-refractivity contribution in [1.82, 2.24) is 15.1 Å². The highest BCUT2D eigenvalue weighted by Crippen LogP contribution is 2.33. The number of anilines is 1. The number of rotatable bonds is 4. The van der Waals surface area contributed by atoms with Crippen molar-refractivity contribution in [2.45, 2.75) is 51.6 Å². The molecule has 1 aliphatic rings. The maximum atomic E-state index is 11.4. The van der Waals surface area contributed by atoms with Crippen molar-refractivity contribution in [2.75, 3.05) is 11.9 Å². The van der Waals surface area contributed by atoms with Gasteiger partial charge in [-0.25, -0.2) is 4.68 Å². The van der Waals surface area contributed by atoms with E-state index in [0.29, 0.717) is 17.6 Å². The molecule has 0 aliphatic carbocycles. The highest BCUT2D eigenvalue weighted by molar-refractivity contribution is 5.61. The summed E-state index contributed by atoms with van der Waals surface area (Å²) < 4.78 is 1.60. The third-order valence-corrected chi connectivity index (χ3v) is 3.74. The second kappa shape index (κ2) is 5.78. The SMILES string of the molecule is CC1CC(Nc2c([N+](=O)[O-])c(C(C)C)nn2C)CCN1. The Bertz CT molecular complexity index is 497. The summed E-state index contributed by atoms with van der Waals surface area (Å²) in [5, 5.41) is 22.4. The van der Waals surface area contributed by atoms with E-state index in [1.54, 1.807) is 11.7 Å². The van der Waals surface area contributed by atoms with E-state index in [0.717, 1.165) is 19.4 Å². The molecule has 7 heteroatoms. The van der Waals surface area contributed by atoms with E-state index in [-0.39, 0.29) is 22.6 Å². The number of hydrogen-bond donors (Lipinski definition) is 2. The van der Waals surface area contributed by atoms with Gasteiger partial charge in [0.05, 0.1) is 4.92 Å².